The van der Waals surface area contributed by atoms with Gasteiger partial charge in [0.25, 0.3) is 0 Å². The van der Waals surface area contributed by atoms with Crippen LogP contribution in [0.5, 0.6) is 0 Å². The van der Waals surface area contributed by atoms with Crippen LogP contribution in [0.3, 0.4) is 0 Å². The number of carbonyl (C=O) groups excluding carboxylic acids is 1. The van der Waals surface area contributed by atoms with E-state index in [1.807, 2.05) is 20.8 Å². The van der Waals surface area contributed by atoms with E-state index >= 15 is 0 Å². The fraction of sp³-hybridized carbons (Fsp3) is 0.565. The molecule has 3 rings (SSSR count). The lowest BCUT2D eigenvalue weighted by Crippen LogP contribution is -2.39. The van der Waals surface area contributed by atoms with E-state index in [0.717, 1.165) is 34.6 Å². The highest BCUT2D eigenvalue weighted by molar-refractivity contribution is 7.18. The Kier molecular flexibility index (Phi) is 6.34. The molecule has 0 spiro atoms. The fourth-order valence-electron chi connectivity index (χ4n) is 3.33. The van der Waals surface area contributed by atoms with E-state index < -0.39 is 5.60 Å². The smallest absolute Gasteiger partial charge is 0.414 e. The number of hydrogen-bond acceptors (Lipinski definition) is 5. The van der Waals surface area contributed by atoms with Gasteiger partial charge in [-0.05, 0) is 66.3 Å². The Bertz CT molecular complexity index is 910. The molecule has 1 aliphatic heterocycles. The van der Waals surface area contributed by atoms with Gasteiger partial charge in [-0.2, -0.15) is 0 Å². The minimum atomic E-state index is -0.514. The Morgan fingerprint density at radius 3 is 2.76 bits per heavy atom. The average molecular weight is 416 g/mol. The molecule has 1 amide bonds. The normalized spacial score (nSPS) is 18.8. The molecule has 2 heterocycles. The first-order valence-electron chi connectivity index (χ1n) is 10.3. The van der Waals surface area contributed by atoms with Crippen LogP contribution >= 0.6 is 11.3 Å². The SMILES string of the molecule is CC1CC=C(c2ccc3sc(C[C@@H](C)N(C)C)nc3c2)N(C(=O)OC(C)(C)C)C1. The number of hydrogen-bond donors (Lipinski definition) is 0. The van der Waals surface area contributed by atoms with E-state index in [0.29, 0.717) is 18.5 Å². The molecule has 0 N–H and O–H groups in total. The van der Waals surface area contributed by atoms with Gasteiger partial charge in [0.05, 0.1) is 20.9 Å². The molecule has 2 atom stereocenters. The third kappa shape index (κ3) is 5.37. The number of benzene rings is 1. The van der Waals surface area contributed by atoms with Gasteiger partial charge < -0.3 is 9.64 Å². The zero-order valence-electron chi connectivity index (χ0n) is 18.7. The number of allylic oxidation sites excluding steroid dienone is 1. The molecule has 2 aromatic rings. The van der Waals surface area contributed by atoms with Crippen molar-refractivity contribution in [3.05, 3.63) is 34.8 Å². The van der Waals surface area contributed by atoms with Crippen LogP contribution in [0.25, 0.3) is 15.9 Å². The number of rotatable bonds is 4. The third-order valence-corrected chi connectivity index (χ3v) is 6.25. The van der Waals surface area contributed by atoms with Crippen LogP contribution in [-0.2, 0) is 11.2 Å². The Balaban J connectivity index is 1.89. The summed E-state index contributed by atoms with van der Waals surface area (Å²) in [4.78, 5) is 21.7. The summed E-state index contributed by atoms with van der Waals surface area (Å²) in [5.74, 6) is 0.411. The summed E-state index contributed by atoms with van der Waals surface area (Å²) in [5, 5.41) is 1.15. The van der Waals surface area contributed by atoms with Crippen molar-refractivity contribution in [2.45, 2.75) is 59.1 Å². The van der Waals surface area contributed by atoms with Gasteiger partial charge in [-0.15, -0.1) is 11.3 Å². The second kappa shape index (κ2) is 8.44. The van der Waals surface area contributed by atoms with Crippen molar-refractivity contribution >= 4 is 33.3 Å². The van der Waals surface area contributed by atoms with Crippen LogP contribution in [0.4, 0.5) is 4.79 Å². The van der Waals surface area contributed by atoms with Crippen molar-refractivity contribution in [1.82, 2.24) is 14.8 Å². The van der Waals surface area contributed by atoms with Gasteiger partial charge in [0.1, 0.15) is 5.60 Å². The number of nitrogens with zero attached hydrogens (tertiary/aromatic N) is 3. The summed E-state index contributed by atoms with van der Waals surface area (Å²) < 4.78 is 6.85. The molecular weight excluding hydrogens is 382 g/mol. The van der Waals surface area contributed by atoms with E-state index in [9.17, 15) is 4.79 Å². The van der Waals surface area contributed by atoms with Crippen molar-refractivity contribution in [3.63, 3.8) is 0 Å². The second-order valence-electron chi connectivity index (χ2n) is 9.33. The summed E-state index contributed by atoms with van der Waals surface area (Å²) in [5.41, 5.74) is 2.43. The maximum absolute atomic E-state index is 12.8. The molecule has 1 aromatic heterocycles. The Morgan fingerprint density at radius 1 is 1.38 bits per heavy atom. The molecule has 0 fully saturated rings. The molecule has 1 aliphatic rings. The minimum absolute atomic E-state index is 0.283. The third-order valence-electron chi connectivity index (χ3n) is 5.19. The minimum Gasteiger partial charge on any atom is -0.443 e. The standard InChI is InChI=1S/C23H33N3O2S/c1-15-8-10-19(26(14-15)22(27)28-23(3,4)5)17-9-11-20-18(13-17)24-21(29-20)12-16(2)25(6)7/h9-11,13,15-16H,8,12,14H2,1-7H3/t15?,16-/m1/s1. The average Bonchev–Trinajstić information content (AvgIpc) is 3.01. The number of ether oxygens (including phenoxy) is 1. The summed E-state index contributed by atoms with van der Waals surface area (Å²) in [6.45, 7) is 10.7. The number of likely N-dealkylation sites (N-methyl/N-ethyl adjacent to an activating group) is 1. The lowest BCUT2D eigenvalue weighted by Gasteiger charge is -2.33. The molecule has 5 nitrogen and oxygen atoms in total. The molecule has 0 aliphatic carbocycles. The number of aromatic nitrogens is 1. The number of thiazole rings is 1. The Morgan fingerprint density at radius 2 is 2.10 bits per heavy atom. The number of carbonyl (C=O) groups is 1. The monoisotopic (exact) mass is 415 g/mol. The van der Waals surface area contributed by atoms with E-state index in [2.05, 4.69) is 57.1 Å². The van der Waals surface area contributed by atoms with Crippen molar-refractivity contribution < 1.29 is 9.53 Å². The van der Waals surface area contributed by atoms with Gasteiger partial charge in [-0.1, -0.05) is 19.1 Å². The lowest BCUT2D eigenvalue weighted by molar-refractivity contribution is 0.0327. The van der Waals surface area contributed by atoms with Crippen molar-refractivity contribution in [3.8, 4) is 0 Å². The van der Waals surface area contributed by atoms with E-state index in [-0.39, 0.29) is 6.09 Å². The summed E-state index contributed by atoms with van der Waals surface area (Å²) in [6.07, 6.45) is 3.76. The lowest BCUT2D eigenvalue weighted by atomic mass is 9.98. The maximum Gasteiger partial charge on any atom is 0.414 e. The van der Waals surface area contributed by atoms with E-state index in [1.54, 1.807) is 16.2 Å². The largest absolute Gasteiger partial charge is 0.443 e. The molecule has 0 radical (unpaired) electrons. The Labute approximate surface area is 178 Å². The molecule has 0 saturated heterocycles. The van der Waals surface area contributed by atoms with Crippen molar-refractivity contribution in [2.75, 3.05) is 20.6 Å². The molecule has 1 aromatic carbocycles. The van der Waals surface area contributed by atoms with Gasteiger partial charge in [-0.25, -0.2) is 9.78 Å². The van der Waals surface area contributed by atoms with Crippen LogP contribution in [0.2, 0.25) is 0 Å². The summed E-state index contributed by atoms with van der Waals surface area (Å²) in [7, 11) is 4.19. The van der Waals surface area contributed by atoms with Crippen LogP contribution in [0.15, 0.2) is 24.3 Å². The molecule has 29 heavy (non-hydrogen) atoms. The van der Waals surface area contributed by atoms with Gasteiger partial charge >= 0.3 is 6.09 Å². The van der Waals surface area contributed by atoms with Gasteiger partial charge in [-0.3, -0.25) is 4.90 Å². The molecule has 1 unspecified atom stereocenters. The highest BCUT2D eigenvalue weighted by Gasteiger charge is 2.29. The molecule has 6 heteroatoms. The van der Waals surface area contributed by atoms with E-state index in [1.165, 1.54) is 4.70 Å². The predicted octanol–water partition coefficient (Wildman–Crippen LogP) is 5.41. The zero-order chi connectivity index (χ0) is 21.3. The first kappa shape index (κ1) is 21.8. The van der Waals surface area contributed by atoms with Crippen LogP contribution in [0.1, 0.15) is 51.6 Å². The highest BCUT2D eigenvalue weighted by Crippen LogP contribution is 2.32. The second-order valence-corrected chi connectivity index (χ2v) is 10.4. The number of amides is 1. The summed E-state index contributed by atoms with van der Waals surface area (Å²) >= 11 is 1.75. The fourth-order valence-corrected chi connectivity index (χ4v) is 4.40. The molecular formula is C23H33N3O2S. The summed E-state index contributed by atoms with van der Waals surface area (Å²) in [6, 6.07) is 6.77. The first-order valence-corrected chi connectivity index (χ1v) is 11.1. The van der Waals surface area contributed by atoms with Gasteiger partial charge in [0.15, 0.2) is 0 Å². The molecule has 0 saturated carbocycles. The first-order chi connectivity index (χ1) is 13.5. The van der Waals surface area contributed by atoms with Crippen molar-refractivity contribution in [1.29, 1.82) is 0 Å². The highest BCUT2D eigenvalue weighted by atomic mass is 32.1. The van der Waals surface area contributed by atoms with Crippen LogP contribution in [0, 0.1) is 5.92 Å². The molecule has 158 valence electrons. The Hall–Kier alpha value is -1.92. The van der Waals surface area contributed by atoms with Crippen LogP contribution in [-0.4, -0.2) is 53.2 Å². The van der Waals surface area contributed by atoms with E-state index in [4.69, 9.17) is 9.72 Å². The molecule has 0 bridgehead atoms. The number of fused-ring (bicyclic) bond motifs is 1. The van der Waals surface area contributed by atoms with Crippen molar-refractivity contribution in [2.24, 2.45) is 5.92 Å². The van der Waals surface area contributed by atoms with Gasteiger partial charge in [0, 0.05) is 24.6 Å². The zero-order valence-corrected chi connectivity index (χ0v) is 19.5. The topological polar surface area (TPSA) is 45.7 Å². The quantitative estimate of drug-likeness (QED) is 0.670. The maximum atomic E-state index is 12.8. The predicted molar refractivity (Wildman–Crippen MR) is 121 cm³/mol. The van der Waals surface area contributed by atoms with Crippen LogP contribution < -0.4 is 0 Å². The van der Waals surface area contributed by atoms with Gasteiger partial charge in [0.2, 0.25) is 0 Å².